The number of allylic oxidation sites excluding steroid dienone is 2. The summed E-state index contributed by atoms with van der Waals surface area (Å²) in [6, 6.07) is 0. The van der Waals surface area contributed by atoms with Crippen LogP contribution >= 0.6 is 23.8 Å². The fraction of sp³-hybridized carbons (Fsp3) is 0.500. The van der Waals surface area contributed by atoms with Crippen molar-refractivity contribution in [3.8, 4) is 0 Å². The molecule has 9 heavy (non-hydrogen) atoms. The molecule has 0 aromatic carbocycles. The van der Waals surface area contributed by atoms with Gasteiger partial charge >= 0.3 is 0 Å². The third-order valence-corrected chi connectivity index (χ3v) is 0.910. The number of hydrogen-bond acceptors (Lipinski definition) is 2. The van der Waals surface area contributed by atoms with Gasteiger partial charge in [0.25, 0.3) is 0 Å². The molecule has 1 unspecified atom stereocenters. The Bertz CT molecular complexity index is 156. The van der Waals surface area contributed by atoms with E-state index in [1.54, 1.807) is 6.08 Å². The van der Waals surface area contributed by atoms with E-state index in [9.17, 15) is 0 Å². The lowest BCUT2D eigenvalue weighted by atomic mass is 10.4. The number of rotatable bonds is 2. The highest BCUT2D eigenvalue weighted by Crippen LogP contribution is 2.01. The highest BCUT2D eigenvalue weighted by atomic mass is 35.5. The Labute approximate surface area is 65.4 Å². The van der Waals surface area contributed by atoms with Crippen molar-refractivity contribution in [1.82, 2.24) is 0 Å². The maximum absolute atomic E-state index is 5.61. The molecular weight excluding hydrogens is 154 g/mol. The van der Waals surface area contributed by atoms with Crippen LogP contribution in [0.1, 0.15) is 13.8 Å². The van der Waals surface area contributed by atoms with Crippen LogP contribution in [0, 0.1) is 0 Å². The number of alkyl halides is 1. The Morgan fingerprint density at radius 1 is 1.89 bits per heavy atom. The first-order chi connectivity index (χ1) is 4.16. The Hall–Kier alpha value is -0.170. The first-order valence-corrected chi connectivity index (χ1v) is 3.41. The van der Waals surface area contributed by atoms with Crippen molar-refractivity contribution in [2.45, 2.75) is 19.2 Å². The van der Waals surface area contributed by atoms with Crippen LogP contribution in [-0.2, 0) is 0 Å². The highest BCUT2D eigenvalue weighted by Gasteiger charge is 1.88. The Morgan fingerprint density at radius 3 is 2.78 bits per heavy atom. The first kappa shape index (κ1) is 8.83. The zero-order chi connectivity index (χ0) is 7.28. The molecule has 0 aromatic rings. The second-order valence-corrected chi connectivity index (χ2v) is 2.56. The predicted octanol–water partition coefficient (Wildman–Crippen LogP) is 2.62. The molecule has 50 valence electrons. The molecule has 1 nitrogen and oxygen atoms in total. The van der Waals surface area contributed by atoms with Crippen molar-refractivity contribution >= 4 is 29.0 Å². The smallest absolute Gasteiger partial charge is 0.0637 e. The SMILES string of the molecule is C/C(=C/C(C)Cl)N=C=S. The molecule has 0 aliphatic heterocycles. The van der Waals surface area contributed by atoms with Gasteiger partial charge in [-0.15, -0.1) is 11.6 Å². The van der Waals surface area contributed by atoms with Gasteiger partial charge in [0.2, 0.25) is 0 Å². The lowest BCUT2D eigenvalue weighted by Crippen LogP contribution is -1.82. The van der Waals surface area contributed by atoms with E-state index in [-0.39, 0.29) is 5.38 Å². The van der Waals surface area contributed by atoms with Crippen LogP contribution in [0.25, 0.3) is 0 Å². The second kappa shape index (κ2) is 4.68. The van der Waals surface area contributed by atoms with Crippen molar-refractivity contribution < 1.29 is 0 Å². The maximum Gasteiger partial charge on any atom is 0.0637 e. The summed E-state index contributed by atoms with van der Waals surface area (Å²) in [6.45, 7) is 3.70. The van der Waals surface area contributed by atoms with Gasteiger partial charge in [-0.1, -0.05) is 0 Å². The molecule has 0 aliphatic carbocycles. The lowest BCUT2D eigenvalue weighted by molar-refractivity contribution is 1.17. The monoisotopic (exact) mass is 161 g/mol. The van der Waals surface area contributed by atoms with Gasteiger partial charge in [-0.25, -0.2) is 0 Å². The fourth-order valence-electron chi connectivity index (χ4n) is 0.442. The van der Waals surface area contributed by atoms with Crippen molar-refractivity contribution in [3.63, 3.8) is 0 Å². The summed E-state index contributed by atoms with van der Waals surface area (Å²) >= 11 is 9.99. The molecule has 0 aliphatic rings. The summed E-state index contributed by atoms with van der Waals surface area (Å²) < 4.78 is 0. The number of halogens is 1. The molecule has 0 rings (SSSR count). The highest BCUT2D eigenvalue weighted by molar-refractivity contribution is 7.78. The third kappa shape index (κ3) is 5.71. The standard InChI is InChI=1S/C6H8ClNS/c1-5(7)3-6(2)8-4-9/h3,5H,1-2H3/b6-3-. The molecule has 0 aromatic heterocycles. The van der Waals surface area contributed by atoms with Crippen LogP contribution in [0.5, 0.6) is 0 Å². The number of isothiocyanates is 1. The van der Waals surface area contributed by atoms with Crippen molar-refractivity contribution in [2.24, 2.45) is 4.99 Å². The van der Waals surface area contributed by atoms with Gasteiger partial charge in [-0.3, -0.25) is 0 Å². The van der Waals surface area contributed by atoms with Gasteiger partial charge in [0.15, 0.2) is 0 Å². The van der Waals surface area contributed by atoms with Crippen molar-refractivity contribution in [3.05, 3.63) is 11.8 Å². The van der Waals surface area contributed by atoms with Gasteiger partial charge in [-0.05, 0) is 32.1 Å². The predicted molar refractivity (Wildman–Crippen MR) is 44.1 cm³/mol. The lowest BCUT2D eigenvalue weighted by Gasteiger charge is -1.91. The van der Waals surface area contributed by atoms with Crippen LogP contribution in [-0.4, -0.2) is 10.5 Å². The van der Waals surface area contributed by atoms with E-state index >= 15 is 0 Å². The largest absolute Gasteiger partial charge is 0.200 e. The van der Waals surface area contributed by atoms with Gasteiger partial charge in [-0.2, -0.15) is 4.99 Å². The molecule has 0 saturated carbocycles. The van der Waals surface area contributed by atoms with Gasteiger partial charge in [0.1, 0.15) is 0 Å². The van der Waals surface area contributed by atoms with Crippen LogP contribution in [0.15, 0.2) is 16.8 Å². The number of nitrogens with zero attached hydrogens (tertiary/aromatic N) is 1. The zero-order valence-electron chi connectivity index (χ0n) is 5.39. The van der Waals surface area contributed by atoms with Crippen LogP contribution in [0.2, 0.25) is 0 Å². The molecule has 0 saturated heterocycles. The minimum atomic E-state index is 0.0112. The van der Waals surface area contributed by atoms with Crippen LogP contribution in [0.4, 0.5) is 0 Å². The summed E-state index contributed by atoms with van der Waals surface area (Å²) in [5, 5.41) is 2.27. The molecule has 0 bridgehead atoms. The van der Waals surface area contributed by atoms with Crippen molar-refractivity contribution in [2.75, 3.05) is 0 Å². The molecule has 0 N–H and O–H groups in total. The van der Waals surface area contributed by atoms with Crippen molar-refractivity contribution in [1.29, 1.82) is 0 Å². The fourth-order valence-corrected chi connectivity index (χ4v) is 0.768. The molecule has 0 spiro atoms. The Kier molecular flexibility index (Phi) is 4.60. The quantitative estimate of drug-likeness (QED) is 0.345. The van der Waals surface area contributed by atoms with E-state index in [2.05, 4.69) is 22.4 Å². The summed E-state index contributed by atoms with van der Waals surface area (Å²) in [4.78, 5) is 3.71. The molecular formula is C6H8ClNS. The Morgan fingerprint density at radius 2 is 2.44 bits per heavy atom. The molecule has 3 heteroatoms. The summed E-state index contributed by atoms with van der Waals surface area (Å²) in [7, 11) is 0. The van der Waals surface area contributed by atoms with Crippen LogP contribution in [0.3, 0.4) is 0 Å². The van der Waals surface area contributed by atoms with Crippen LogP contribution < -0.4 is 0 Å². The zero-order valence-corrected chi connectivity index (χ0v) is 6.96. The average Bonchev–Trinajstić information content (AvgIpc) is 1.63. The summed E-state index contributed by atoms with van der Waals surface area (Å²) in [6.07, 6.45) is 1.81. The minimum absolute atomic E-state index is 0.0112. The number of aliphatic imine (C=N–C) groups is 1. The molecule has 0 heterocycles. The topological polar surface area (TPSA) is 12.4 Å². The summed E-state index contributed by atoms with van der Waals surface area (Å²) in [5.41, 5.74) is 0.813. The number of hydrogen-bond donors (Lipinski definition) is 0. The van der Waals surface area contributed by atoms with Gasteiger partial charge < -0.3 is 0 Å². The molecule has 1 atom stereocenters. The summed E-state index contributed by atoms with van der Waals surface area (Å²) in [5.74, 6) is 0. The molecule has 0 radical (unpaired) electrons. The Balaban J connectivity index is 3.99. The van der Waals surface area contributed by atoms with E-state index in [0.29, 0.717) is 0 Å². The molecule has 0 fully saturated rings. The van der Waals surface area contributed by atoms with Gasteiger partial charge in [0, 0.05) is 5.70 Å². The van der Waals surface area contributed by atoms with E-state index < -0.39 is 0 Å². The maximum atomic E-state index is 5.61. The van der Waals surface area contributed by atoms with E-state index in [1.165, 1.54) is 0 Å². The van der Waals surface area contributed by atoms with E-state index in [0.717, 1.165) is 5.70 Å². The molecule has 0 amide bonds. The first-order valence-electron chi connectivity index (χ1n) is 2.57. The van der Waals surface area contributed by atoms with E-state index in [1.807, 2.05) is 13.8 Å². The number of thiocarbonyl (C=S) groups is 1. The average molecular weight is 162 g/mol. The van der Waals surface area contributed by atoms with E-state index in [4.69, 9.17) is 11.6 Å². The normalized spacial score (nSPS) is 14.3. The third-order valence-electron chi connectivity index (χ3n) is 0.693. The second-order valence-electron chi connectivity index (χ2n) is 1.69. The minimum Gasteiger partial charge on any atom is -0.200 e. The van der Waals surface area contributed by atoms with Gasteiger partial charge in [0.05, 0.1) is 10.5 Å².